The summed E-state index contributed by atoms with van der Waals surface area (Å²) in [7, 11) is 0. The van der Waals surface area contributed by atoms with E-state index in [1.165, 1.54) is 36.2 Å². The molecule has 4 nitrogen and oxygen atoms in total. The number of amides is 1. The fraction of sp³-hybridized carbons (Fsp3) is 0.474. The number of carbonyl (C=O) groups excluding carboxylic acids is 1. The molecule has 1 aliphatic rings. The fourth-order valence-corrected chi connectivity index (χ4v) is 3.86. The maximum atomic E-state index is 13.1. The molecular formula is C19H26ClN3OS. The van der Waals surface area contributed by atoms with Gasteiger partial charge in [0.25, 0.3) is 5.91 Å². The first-order valence-electron chi connectivity index (χ1n) is 8.69. The van der Waals surface area contributed by atoms with Crippen LogP contribution >= 0.6 is 23.7 Å². The van der Waals surface area contributed by atoms with Crippen LogP contribution in [0.3, 0.4) is 0 Å². The van der Waals surface area contributed by atoms with Gasteiger partial charge in [0.15, 0.2) is 0 Å². The molecule has 1 atom stereocenters. The number of nitrogens with two attached hydrogens (primary N) is 1. The number of aromatic nitrogens is 1. The van der Waals surface area contributed by atoms with Crippen molar-refractivity contribution >= 4 is 29.7 Å². The maximum Gasteiger partial charge on any atom is 0.273 e. The highest BCUT2D eigenvalue weighted by molar-refractivity contribution is 7.09. The van der Waals surface area contributed by atoms with Crippen LogP contribution in [0.5, 0.6) is 0 Å². The van der Waals surface area contributed by atoms with Gasteiger partial charge < -0.3 is 10.6 Å². The number of benzene rings is 1. The first-order valence-corrected chi connectivity index (χ1v) is 9.57. The van der Waals surface area contributed by atoms with Crippen molar-refractivity contribution in [1.82, 2.24) is 9.88 Å². The molecule has 25 heavy (non-hydrogen) atoms. The van der Waals surface area contributed by atoms with Crippen LogP contribution < -0.4 is 5.73 Å². The highest BCUT2D eigenvalue weighted by atomic mass is 35.5. The van der Waals surface area contributed by atoms with Crippen LogP contribution in [0.4, 0.5) is 0 Å². The average molecular weight is 380 g/mol. The lowest BCUT2D eigenvalue weighted by molar-refractivity contribution is 0.0608. The van der Waals surface area contributed by atoms with E-state index in [1.54, 1.807) is 0 Å². The van der Waals surface area contributed by atoms with E-state index in [9.17, 15) is 4.79 Å². The second-order valence-corrected chi connectivity index (χ2v) is 7.45. The van der Waals surface area contributed by atoms with Crippen LogP contribution in [0.1, 0.15) is 53.3 Å². The summed E-state index contributed by atoms with van der Waals surface area (Å²) in [5.41, 5.74) is 7.32. The van der Waals surface area contributed by atoms with E-state index in [-0.39, 0.29) is 24.4 Å². The molecule has 1 saturated carbocycles. The third-order valence-corrected chi connectivity index (χ3v) is 5.73. The van der Waals surface area contributed by atoms with Gasteiger partial charge in [0.05, 0.1) is 11.0 Å². The van der Waals surface area contributed by atoms with Gasteiger partial charge in [-0.25, -0.2) is 4.98 Å². The molecule has 0 aliphatic heterocycles. The third-order valence-electron chi connectivity index (χ3n) is 4.82. The average Bonchev–Trinajstić information content (AvgIpc) is 3.03. The lowest BCUT2D eigenvalue weighted by Crippen LogP contribution is -2.39. The Hall–Kier alpha value is -1.43. The zero-order valence-electron chi connectivity index (χ0n) is 14.6. The minimum Gasteiger partial charge on any atom is -0.330 e. The molecule has 0 spiro atoms. The van der Waals surface area contributed by atoms with Crippen molar-refractivity contribution in [2.45, 2.75) is 38.6 Å². The largest absolute Gasteiger partial charge is 0.330 e. The molecule has 136 valence electrons. The second-order valence-electron chi connectivity index (χ2n) is 6.51. The number of nitrogens with zero attached hydrogens (tertiary/aromatic N) is 2. The monoisotopic (exact) mass is 379 g/mol. The van der Waals surface area contributed by atoms with Crippen molar-refractivity contribution < 1.29 is 4.79 Å². The standard InChI is InChI=1S/C19H25N3OS.ClH/c1-14(16-8-3-2-4-9-16)22(12-15-6-5-7-15)19(23)17-13-24-18(21-17)10-11-20;/h2-4,8-9,13-15H,5-7,10-12,20H2,1H3;1H. The zero-order valence-corrected chi connectivity index (χ0v) is 16.2. The van der Waals surface area contributed by atoms with Gasteiger partial charge in [-0.15, -0.1) is 23.7 Å². The minimum atomic E-state index is 0. The highest BCUT2D eigenvalue weighted by Gasteiger charge is 2.29. The predicted molar refractivity (Wildman–Crippen MR) is 105 cm³/mol. The molecule has 0 saturated heterocycles. The Morgan fingerprint density at radius 3 is 2.68 bits per heavy atom. The van der Waals surface area contributed by atoms with Gasteiger partial charge in [0, 0.05) is 18.3 Å². The first kappa shape index (κ1) is 19.9. The lowest BCUT2D eigenvalue weighted by Gasteiger charge is -2.36. The summed E-state index contributed by atoms with van der Waals surface area (Å²) >= 11 is 1.53. The summed E-state index contributed by atoms with van der Waals surface area (Å²) in [6, 6.07) is 10.3. The normalized spacial score (nSPS) is 15.1. The van der Waals surface area contributed by atoms with Crippen LogP contribution in [0.15, 0.2) is 35.7 Å². The minimum absolute atomic E-state index is 0. The van der Waals surface area contributed by atoms with E-state index < -0.39 is 0 Å². The molecule has 3 rings (SSSR count). The molecule has 1 aromatic carbocycles. The number of carbonyl (C=O) groups is 1. The summed E-state index contributed by atoms with van der Waals surface area (Å²) in [4.78, 5) is 19.6. The molecule has 1 unspecified atom stereocenters. The molecule has 1 aromatic heterocycles. The van der Waals surface area contributed by atoms with Gasteiger partial charge in [0.2, 0.25) is 0 Å². The summed E-state index contributed by atoms with van der Waals surface area (Å²) in [6.45, 7) is 3.49. The van der Waals surface area contributed by atoms with E-state index in [0.29, 0.717) is 18.2 Å². The molecule has 2 N–H and O–H groups in total. The topological polar surface area (TPSA) is 59.2 Å². The quantitative estimate of drug-likeness (QED) is 0.788. The Morgan fingerprint density at radius 2 is 2.08 bits per heavy atom. The van der Waals surface area contributed by atoms with Crippen LogP contribution in [-0.2, 0) is 6.42 Å². The van der Waals surface area contributed by atoms with Gasteiger partial charge >= 0.3 is 0 Å². The second kappa shape index (κ2) is 9.32. The van der Waals surface area contributed by atoms with Crippen molar-refractivity contribution in [3.63, 3.8) is 0 Å². The summed E-state index contributed by atoms with van der Waals surface area (Å²) in [6.07, 6.45) is 4.46. The van der Waals surface area contributed by atoms with E-state index in [1.807, 2.05) is 28.5 Å². The first-order chi connectivity index (χ1) is 11.7. The lowest BCUT2D eigenvalue weighted by atomic mass is 9.84. The Kier molecular flexibility index (Phi) is 7.41. The van der Waals surface area contributed by atoms with Gasteiger partial charge in [-0.3, -0.25) is 4.79 Å². The number of hydrogen-bond acceptors (Lipinski definition) is 4. The summed E-state index contributed by atoms with van der Waals surface area (Å²) < 4.78 is 0. The van der Waals surface area contributed by atoms with Gasteiger partial charge in [-0.05, 0) is 37.8 Å². The highest BCUT2D eigenvalue weighted by Crippen LogP contribution is 2.31. The van der Waals surface area contributed by atoms with Crippen molar-refractivity contribution in [3.05, 3.63) is 52.0 Å². The van der Waals surface area contributed by atoms with Crippen LogP contribution in [0.25, 0.3) is 0 Å². The smallest absolute Gasteiger partial charge is 0.273 e. The Balaban J connectivity index is 0.00000225. The molecule has 1 amide bonds. The van der Waals surface area contributed by atoms with Crippen molar-refractivity contribution in [3.8, 4) is 0 Å². The third kappa shape index (κ3) is 4.81. The summed E-state index contributed by atoms with van der Waals surface area (Å²) in [5, 5.41) is 2.82. The fourth-order valence-electron chi connectivity index (χ4n) is 3.08. The van der Waals surface area contributed by atoms with Gasteiger partial charge in [-0.2, -0.15) is 0 Å². The van der Waals surface area contributed by atoms with Crippen molar-refractivity contribution in [2.75, 3.05) is 13.1 Å². The number of rotatable bonds is 7. The molecule has 1 aliphatic carbocycles. The molecule has 0 radical (unpaired) electrons. The molecule has 2 aromatic rings. The molecular weight excluding hydrogens is 354 g/mol. The molecule has 0 bridgehead atoms. The van der Waals surface area contributed by atoms with Crippen LogP contribution in [0, 0.1) is 5.92 Å². The van der Waals surface area contributed by atoms with E-state index in [2.05, 4.69) is 24.0 Å². The van der Waals surface area contributed by atoms with E-state index in [4.69, 9.17) is 5.73 Å². The number of thiazole rings is 1. The number of halogens is 1. The van der Waals surface area contributed by atoms with E-state index in [0.717, 1.165) is 18.0 Å². The Morgan fingerprint density at radius 1 is 1.36 bits per heavy atom. The Bertz CT molecular complexity index is 672. The summed E-state index contributed by atoms with van der Waals surface area (Å²) in [5.74, 6) is 0.667. The van der Waals surface area contributed by atoms with E-state index >= 15 is 0 Å². The molecule has 1 fully saturated rings. The van der Waals surface area contributed by atoms with Crippen LogP contribution in [0.2, 0.25) is 0 Å². The Labute approximate surface area is 159 Å². The number of hydrogen-bond donors (Lipinski definition) is 1. The molecule has 1 heterocycles. The van der Waals surface area contributed by atoms with Crippen LogP contribution in [-0.4, -0.2) is 28.9 Å². The SMILES string of the molecule is CC(c1ccccc1)N(CC1CCC1)C(=O)c1csc(CCN)n1.Cl. The maximum absolute atomic E-state index is 13.1. The van der Waals surface area contributed by atoms with Crippen molar-refractivity contribution in [1.29, 1.82) is 0 Å². The zero-order chi connectivity index (χ0) is 16.9. The molecule has 6 heteroatoms. The van der Waals surface area contributed by atoms with Gasteiger partial charge in [-0.1, -0.05) is 36.8 Å². The van der Waals surface area contributed by atoms with Gasteiger partial charge in [0.1, 0.15) is 5.69 Å². The predicted octanol–water partition coefficient (Wildman–Crippen LogP) is 4.07. The van der Waals surface area contributed by atoms with Crippen molar-refractivity contribution in [2.24, 2.45) is 11.7 Å².